The summed E-state index contributed by atoms with van der Waals surface area (Å²) in [5.41, 5.74) is 6.68. The van der Waals surface area contributed by atoms with Crippen molar-refractivity contribution in [3.63, 3.8) is 0 Å². The SMILES string of the molecule is C[C@H](NC(=O)CN1[C@@H]2CCCC[C@H]2C[C@H]1C(N)=O)c1ccccc1. The van der Waals surface area contributed by atoms with Crippen molar-refractivity contribution in [3.8, 4) is 0 Å². The first-order valence-corrected chi connectivity index (χ1v) is 8.95. The van der Waals surface area contributed by atoms with Gasteiger partial charge in [0.05, 0.1) is 18.6 Å². The number of nitrogens with one attached hydrogen (secondary N) is 1. The molecule has 1 saturated carbocycles. The van der Waals surface area contributed by atoms with Gasteiger partial charge in [0.1, 0.15) is 0 Å². The number of benzene rings is 1. The second-order valence-electron chi connectivity index (χ2n) is 7.14. The minimum Gasteiger partial charge on any atom is -0.368 e. The molecule has 4 atom stereocenters. The fourth-order valence-corrected chi connectivity index (χ4v) is 4.34. The molecule has 0 aromatic heterocycles. The molecule has 1 saturated heterocycles. The van der Waals surface area contributed by atoms with Gasteiger partial charge in [0.25, 0.3) is 0 Å². The highest BCUT2D eigenvalue weighted by Gasteiger charge is 2.44. The molecule has 0 spiro atoms. The van der Waals surface area contributed by atoms with Crippen molar-refractivity contribution in [2.24, 2.45) is 11.7 Å². The number of carbonyl (C=O) groups is 2. The lowest BCUT2D eigenvalue weighted by Crippen LogP contribution is -2.49. The molecule has 1 heterocycles. The van der Waals surface area contributed by atoms with E-state index < -0.39 is 0 Å². The predicted molar refractivity (Wildman–Crippen MR) is 93.1 cm³/mol. The number of hydrogen-bond donors (Lipinski definition) is 2. The van der Waals surface area contributed by atoms with Gasteiger partial charge in [-0.3, -0.25) is 14.5 Å². The molecule has 5 nitrogen and oxygen atoms in total. The minimum atomic E-state index is -0.298. The van der Waals surface area contributed by atoms with Gasteiger partial charge in [-0.15, -0.1) is 0 Å². The first-order chi connectivity index (χ1) is 11.6. The Kier molecular flexibility index (Phi) is 5.19. The van der Waals surface area contributed by atoms with Gasteiger partial charge in [0.15, 0.2) is 0 Å². The molecule has 24 heavy (non-hydrogen) atoms. The molecule has 0 unspecified atom stereocenters. The lowest BCUT2D eigenvalue weighted by Gasteiger charge is -2.33. The van der Waals surface area contributed by atoms with Crippen LogP contribution in [0.1, 0.15) is 50.6 Å². The third kappa shape index (κ3) is 3.61. The fraction of sp³-hybridized carbons (Fsp3) is 0.579. The van der Waals surface area contributed by atoms with Crippen LogP contribution in [0.4, 0.5) is 0 Å². The molecule has 1 aliphatic carbocycles. The number of hydrogen-bond acceptors (Lipinski definition) is 3. The van der Waals surface area contributed by atoms with Crippen LogP contribution in [-0.4, -0.2) is 35.3 Å². The zero-order valence-electron chi connectivity index (χ0n) is 14.3. The summed E-state index contributed by atoms with van der Waals surface area (Å²) >= 11 is 0. The number of nitrogens with two attached hydrogens (primary N) is 1. The summed E-state index contributed by atoms with van der Waals surface area (Å²) in [6.07, 6.45) is 5.41. The zero-order valence-corrected chi connectivity index (χ0v) is 14.3. The van der Waals surface area contributed by atoms with Gasteiger partial charge < -0.3 is 11.1 Å². The third-order valence-corrected chi connectivity index (χ3v) is 5.55. The van der Waals surface area contributed by atoms with E-state index in [1.807, 2.05) is 37.3 Å². The average Bonchev–Trinajstić information content (AvgIpc) is 2.94. The maximum Gasteiger partial charge on any atom is 0.234 e. The molecule has 1 aromatic carbocycles. The number of fused-ring (bicyclic) bond motifs is 1. The molecular formula is C19H27N3O2. The van der Waals surface area contributed by atoms with Crippen molar-refractivity contribution >= 4 is 11.8 Å². The molecule has 0 bridgehead atoms. The van der Waals surface area contributed by atoms with Crippen molar-refractivity contribution in [1.82, 2.24) is 10.2 Å². The van der Waals surface area contributed by atoms with Gasteiger partial charge in [-0.1, -0.05) is 43.2 Å². The Balaban J connectivity index is 1.64. The molecule has 5 heteroatoms. The second-order valence-corrected chi connectivity index (χ2v) is 7.14. The van der Waals surface area contributed by atoms with Crippen molar-refractivity contribution in [2.45, 2.75) is 57.2 Å². The van der Waals surface area contributed by atoms with Gasteiger partial charge >= 0.3 is 0 Å². The van der Waals surface area contributed by atoms with Gasteiger partial charge in [0, 0.05) is 6.04 Å². The Morgan fingerprint density at radius 1 is 1.25 bits per heavy atom. The van der Waals surface area contributed by atoms with Crippen LogP contribution in [0.5, 0.6) is 0 Å². The van der Waals surface area contributed by atoms with Crippen molar-refractivity contribution < 1.29 is 9.59 Å². The van der Waals surface area contributed by atoms with E-state index in [0.29, 0.717) is 12.0 Å². The Morgan fingerprint density at radius 2 is 1.96 bits per heavy atom. The van der Waals surface area contributed by atoms with Gasteiger partial charge in [-0.2, -0.15) is 0 Å². The molecule has 0 radical (unpaired) electrons. The number of primary amides is 1. The summed E-state index contributed by atoms with van der Waals surface area (Å²) in [5.74, 6) is 0.174. The summed E-state index contributed by atoms with van der Waals surface area (Å²) < 4.78 is 0. The molecule has 2 fully saturated rings. The molecular weight excluding hydrogens is 302 g/mol. The van der Waals surface area contributed by atoms with E-state index in [1.54, 1.807) is 0 Å². The normalized spacial score (nSPS) is 28.1. The van der Waals surface area contributed by atoms with Crippen molar-refractivity contribution in [3.05, 3.63) is 35.9 Å². The van der Waals surface area contributed by atoms with E-state index in [-0.39, 0.29) is 30.4 Å². The monoisotopic (exact) mass is 329 g/mol. The van der Waals surface area contributed by atoms with Gasteiger partial charge in [-0.05, 0) is 37.7 Å². The maximum atomic E-state index is 12.5. The number of carbonyl (C=O) groups excluding carboxylic acids is 2. The first kappa shape index (κ1) is 17.0. The van der Waals surface area contributed by atoms with Crippen LogP contribution in [0.3, 0.4) is 0 Å². The standard InChI is InChI=1S/C19H27N3O2/c1-13(14-7-3-2-4-8-14)21-18(23)12-22-16-10-6-5-9-15(16)11-17(22)19(20)24/h2-4,7-8,13,15-17H,5-6,9-12H2,1H3,(H2,20,24)(H,21,23)/t13-,15-,16+,17-/m0/s1. The molecule has 2 aliphatic rings. The van der Waals surface area contributed by atoms with Crippen LogP contribution < -0.4 is 11.1 Å². The molecule has 130 valence electrons. The predicted octanol–water partition coefficient (Wildman–Crippen LogP) is 1.98. The number of nitrogens with zero attached hydrogens (tertiary/aromatic N) is 1. The van der Waals surface area contributed by atoms with Crippen LogP contribution in [0.25, 0.3) is 0 Å². The minimum absolute atomic E-state index is 0.0381. The third-order valence-electron chi connectivity index (χ3n) is 5.55. The highest BCUT2D eigenvalue weighted by molar-refractivity contribution is 5.83. The molecule has 1 aliphatic heterocycles. The summed E-state index contributed by atoms with van der Waals surface area (Å²) in [6, 6.07) is 9.89. The lowest BCUT2D eigenvalue weighted by atomic mass is 9.84. The van der Waals surface area contributed by atoms with E-state index >= 15 is 0 Å². The largest absolute Gasteiger partial charge is 0.368 e. The van der Waals surface area contributed by atoms with E-state index in [4.69, 9.17) is 5.73 Å². The summed E-state index contributed by atoms with van der Waals surface area (Å²) in [6.45, 7) is 2.23. The summed E-state index contributed by atoms with van der Waals surface area (Å²) in [5, 5.41) is 3.05. The summed E-state index contributed by atoms with van der Waals surface area (Å²) in [4.78, 5) is 26.4. The smallest absolute Gasteiger partial charge is 0.234 e. The van der Waals surface area contributed by atoms with Crippen LogP contribution in [0.2, 0.25) is 0 Å². The number of amides is 2. The van der Waals surface area contributed by atoms with E-state index in [0.717, 1.165) is 24.8 Å². The highest BCUT2D eigenvalue weighted by atomic mass is 16.2. The molecule has 3 N–H and O–H groups in total. The van der Waals surface area contributed by atoms with Crippen LogP contribution >= 0.6 is 0 Å². The van der Waals surface area contributed by atoms with Crippen molar-refractivity contribution in [1.29, 1.82) is 0 Å². The average molecular weight is 329 g/mol. The quantitative estimate of drug-likeness (QED) is 0.867. The van der Waals surface area contributed by atoms with Crippen LogP contribution in [0, 0.1) is 5.92 Å². The second kappa shape index (κ2) is 7.34. The van der Waals surface area contributed by atoms with Crippen LogP contribution in [0.15, 0.2) is 30.3 Å². The van der Waals surface area contributed by atoms with Gasteiger partial charge in [-0.25, -0.2) is 0 Å². The topological polar surface area (TPSA) is 75.4 Å². The van der Waals surface area contributed by atoms with E-state index in [9.17, 15) is 9.59 Å². The van der Waals surface area contributed by atoms with Crippen LogP contribution in [-0.2, 0) is 9.59 Å². The van der Waals surface area contributed by atoms with E-state index in [2.05, 4.69) is 10.2 Å². The van der Waals surface area contributed by atoms with Crippen molar-refractivity contribution in [2.75, 3.05) is 6.54 Å². The summed E-state index contributed by atoms with van der Waals surface area (Å²) in [7, 11) is 0. The lowest BCUT2D eigenvalue weighted by molar-refractivity contribution is -0.127. The Hall–Kier alpha value is -1.88. The number of rotatable bonds is 5. The Labute approximate surface area is 143 Å². The molecule has 2 amide bonds. The molecule has 3 rings (SSSR count). The van der Waals surface area contributed by atoms with Gasteiger partial charge in [0.2, 0.25) is 11.8 Å². The molecule has 1 aromatic rings. The fourth-order valence-electron chi connectivity index (χ4n) is 4.34. The maximum absolute atomic E-state index is 12.5. The number of likely N-dealkylation sites (tertiary alicyclic amines) is 1. The zero-order chi connectivity index (χ0) is 17.1. The Morgan fingerprint density at radius 3 is 2.67 bits per heavy atom. The first-order valence-electron chi connectivity index (χ1n) is 8.95. The Bertz CT molecular complexity index is 590. The van der Waals surface area contributed by atoms with E-state index in [1.165, 1.54) is 12.8 Å². The highest BCUT2D eigenvalue weighted by Crippen LogP contribution is 2.39.